The molecule has 0 atom stereocenters. The van der Waals surface area contributed by atoms with Crippen molar-refractivity contribution in [3.05, 3.63) is 71.3 Å². The second-order valence-electron chi connectivity index (χ2n) is 6.30. The van der Waals surface area contributed by atoms with Gasteiger partial charge in [0.25, 0.3) is 5.91 Å². The largest absolute Gasteiger partial charge is 0.345 e. The Kier molecular flexibility index (Phi) is 4.76. The number of rotatable bonds is 4. The molecule has 0 bridgehead atoms. The van der Waals surface area contributed by atoms with Crippen molar-refractivity contribution in [1.82, 2.24) is 5.32 Å². The van der Waals surface area contributed by atoms with E-state index in [0.29, 0.717) is 11.1 Å². The number of hydrogen-bond donors (Lipinski definition) is 1. The number of ketones is 1. The zero-order chi connectivity index (χ0) is 16.2. The zero-order valence-corrected chi connectivity index (χ0v) is 13.2. The van der Waals surface area contributed by atoms with Crippen LogP contribution >= 0.6 is 0 Å². The Morgan fingerprint density at radius 2 is 1.45 bits per heavy atom. The molecule has 22 heavy (non-hydrogen) atoms. The van der Waals surface area contributed by atoms with Gasteiger partial charge in [-0.05, 0) is 23.1 Å². The van der Waals surface area contributed by atoms with Crippen LogP contribution in [0, 0.1) is 0 Å². The van der Waals surface area contributed by atoms with Gasteiger partial charge in [-0.1, -0.05) is 63.2 Å². The third kappa shape index (κ3) is 4.04. The first-order chi connectivity index (χ1) is 10.4. The fraction of sp³-hybridized carbons (Fsp3) is 0.263. The molecule has 0 saturated heterocycles. The molecule has 3 heteroatoms. The predicted molar refractivity (Wildman–Crippen MR) is 88.2 cm³/mol. The van der Waals surface area contributed by atoms with Crippen molar-refractivity contribution >= 4 is 11.7 Å². The molecule has 0 aliphatic heterocycles. The van der Waals surface area contributed by atoms with Gasteiger partial charge in [-0.3, -0.25) is 9.59 Å². The first kappa shape index (κ1) is 16.0. The smallest absolute Gasteiger partial charge is 0.251 e. The Bertz CT molecular complexity index is 652. The van der Waals surface area contributed by atoms with Gasteiger partial charge in [-0.25, -0.2) is 0 Å². The zero-order valence-electron chi connectivity index (χ0n) is 13.2. The van der Waals surface area contributed by atoms with Crippen molar-refractivity contribution in [2.24, 2.45) is 0 Å². The molecule has 114 valence electrons. The van der Waals surface area contributed by atoms with Gasteiger partial charge in [0.05, 0.1) is 6.54 Å². The van der Waals surface area contributed by atoms with Crippen LogP contribution in [-0.4, -0.2) is 18.2 Å². The number of carbonyl (C=O) groups excluding carboxylic acids is 2. The van der Waals surface area contributed by atoms with E-state index in [4.69, 9.17) is 0 Å². The van der Waals surface area contributed by atoms with Crippen LogP contribution in [0.4, 0.5) is 0 Å². The fourth-order valence-electron chi connectivity index (χ4n) is 2.11. The summed E-state index contributed by atoms with van der Waals surface area (Å²) in [6.07, 6.45) is 0. The molecule has 0 aromatic heterocycles. The number of benzene rings is 2. The van der Waals surface area contributed by atoms with E-state index in [1.54, 1.807) is 36.4 Å². The number of Topliss-reactive ketones (excluding diaryl/α,β-unsaturated/α-hetero) is 1. The van der Waals surface area contributed by atoms with Crippen LogP contribution in [0.5, 0.6) is 0 Å². The lowest BCUT2D eigenvalue weighted by Gasteiger charge is -2.19. The molecule has 1 amide bonds. The van der Waals surface area contributed by atoms with Crippen LogP contribution in [-0.2, 0) is 5.41 Å². The highest BCUT2D eigenvalue weighted by atomic mass is 16.2. The van der Waals surface area contributed by atoms with Crippen LogP contribution in [0.2, 0.25) is 0 Å². The minimum absolute atomic E-state index is 0.00384. The van der Waals surface area contributed by atoms with E-state index in [9.17, 15) is 9.59 Å². The highest BCUT2D eigenvalue weighted by Gasteiger charge is 2.14. The van der Waals surface area contributed by atoms with Crippen LogP contribution in [0.3, 0.4) is 0 Å². The van der Waals surface area contributed by atoms with Gasteiger partial charge in [0.15, 0.2) is 5.78 Å². The van der Waals surface area contributed by atoms with Gasteiger partial charge in [-0.15, -0.1) is 0 Å². The molecule has 3 nitrogen and oxygen atoms in total. The maximum atomic E-state index is 12.1. The average Bonchev–Trinajstić information content (AvgIpc) is 2.52. The Labute approximate surface area is 131 Å². The van der Waals surface area contributed by atoms with Crippen molar-refractivity contribution < 1.29 is 9.59 Å². The predicted octanol–water partition coefficient (Wildman–Crippen LogP) is 3.60. The number of amides is 1. The van der Waals surface area contributed by atoms with Crippen LogP contribution < -0.4 is 5.32 Å². The van der Waals surface area contributed by atoms with Gasteiger partial charge in [0.1, 0.15) is 0 Å². The second kappa shape index (κ2) is 6.56. The Morgan fingerprint density at radius 1 is 0.864 bits per heavy atom. The Balaban J connectivity index is 1.97. The molecule has 2 rings (SSSR count). The molecular formula is C19H21NO2. The summed E-state index contributed by atoms with van der Waals surface area (Å²) in [6.45, 7) is 6.38. The van der Waals surface area contributed by atoms with E-state index >= 15 is 0 Å². The molecule has 0 spiro atoms. The summed E-state index contributed by atoms with van der Waals surface area (Å²) in [4.78, 5) is 24.0. The second-order valence-corrected chi connectivity index (χ2v) is 6.30. The lowest BCUT2D eigenvalue weighted by atomic mass is 9.87. The summed E-state index contributed by atoms with van der Waals surface area (Å²) in [6, 6.07) is 16.4. The fourth-order valence-corrected chi connectivity index (χ4v) is 2.11. The molecule has 0 aliphatic rings. The van der Waals surface area contributed by atoms with E-state index in [1.807, 2.05) is 18.2 Å². The maximum absolute atomic E-state index is 12.1. The quantitative estimate of drug-likeness (QED) is 0.876. The number of nitrogens with one attached hydrogen (secondary N) is 1. The van der Waals surface area contributed by atoms with Crippen LogP contribution in [0.25, 0.3) is 0 Å². The first-order valence-electron chi connectivity index (χ1n) is 7.35. The van der Waals surface area contributed by atoms with Gasteiger partial charge >= 0.3 is 0 Å². The average molecular weight is 295 g/mol. The van der Waals surface area contributed by atoms with Crippen molar-refractivity contribution in [1.29, 1.82) is 0 Å². The van der Waals surface area contributed by atoms with Gasteiger partial charge in [0.2, 0.25) is 0 Å². The lowest BCUT2D eigenvalue weighted by molar-refractivity contribution is 0.0904. The maximum Gasteiger partial charge on any atom is 0.251 e. The van der Waals surface area contributed by atoms with Gasteiger partial charge < -0.3 is 5.32 Å². The van der Waals surface area contributed by atoms with Crippen LogP contribution in [0.15, 0.2) is 54.6 Å². The van der Waals surface area contributed by atoms with Gasteiger partial charge in [0, 0.05) is 11.1 Å². The third-order valence-corrected chi connectivity index (χ3v) is 3.52. The minimum atomic E-state index is -0.232. The molecule has 0 radical (unpaired) electrons. The van der Waals surface area contributed by atoms with E-state index in [-0.39, 0.29) is 23.7 Å². The lowest BCUT2D eigenvalue weighted by Crippen LogP contribution is -2.29. The minimum Gasteiger partial charge on any atom is -0.345 e. The van der Waals surface area contributed by atoms with Crippen molar-refractivity contribution in [3.8, 4) is 0 Å². The van der Waals surface area contributed by atoms with Crippen LogP contribution in [0.1, 0.15) is 47.1 Å². The molecule has 1 N–H and O–H groups in total. The molecule has 0 aliphatic carbocycles. The molecule has 0 unspecified atom stereocenters. The van der Waals surface area contributed by atoms with E-state index in [1.165, 1.54) is 5.56 Å². The summed E-state index contributed by atoms with van der Waals surface area (Å²) in [5, 5.41) is 2.67. The van der Waals surface area contributed by atoms with E-state index in [0.717, 1.165) is 0 Å². The van der Waals surface area contributed by atoms with Crippen molar-refractivity contribution in [3.63, 3.8) is 0 Å². The Morgan fingerprint density at radius 3 is 2.00 bits per heavy atom. The first-order valence-corrected chi connectivity index (χ1v) is 7.35. The molecular weight excluding hydrogens is 274 g/mol. The number of hydrogen-bond acceptors (Lipinski definition) is 2. The third-order valence-electron chi connectivity index (χ3n) is 3.52. The molecule has 2 aromatic carbocycles. The summed E-state index contributed by atoms with van der Waals surface area (Å²) >= 11 is 0. The highest BCUT2D eigenvalue weighted by Crippen LogP contribution is 2.22. The highest BCUT2D eigenvalue weighted by molar-refractivity contribution is 6.02. The molecule has 2 aromatic rings. The normalized spacial score (nSPS) is 11.0. The van der Waals surface area contributed by atoms with Gasteiger partial charge in [-0.2, -0.15) is 0 Å². The standard InChI is InChI=1S/C19H21NO2/c1-19(2,3)16-11-9-15(10-12-16)18(22)20-13-17(21)14-7-5-4-6-8-14/h4-12H,13H2,1-3H3,(H,20,22). The topological polar surface area (TPSA) is 46.2 Å². The van der Waals surface area contributed by atoms with E-state index in [2.05, 4.69) is 26.1 Å². The summed E-state index contributed by atoms with van der Waals surface area (Å²) in [7, 11) is 0. The van der Waals surface area contributed by atoms with E-state index < -0.39 is 0 Å². The van der Waals surface area contributed by atoms with Crippen molar-refractivity contribution in [2.45, 2.75) is 26.2 Å². The number of carbonyl (C=O) groups is 2. The summed E-state index contributed by atoms with van der Waals surface area (Å²) < 4.78 is 0. The summed E-state index contributed by atoms with van der Waals surface area (Å²) in [5.41, 5.74) is 2.39. The van der Waals surface area contributed by atoms with Crippen molar-refractivity contribution in [2.75, 3.05) is 6.54 Å². The summed E-state index contributed by atoms with van der Waals surface area (Å²) in [5.74, 6) is -0.329. The molecule has 0 fully saturated rings. The monoisotopic (exact) mass is 295 g/mol. The Hall–Kier alpha value is -2.42. The molecule has 0 heterocycles. The molecule has 0 saturated carbocycles. The SMILES string of the molecule is CC(C)(C)c1ccc(C(=O)NCC(=O)c2ccccc2)cc1.